The van der Waals surface area contributed by atoms with E-state index in [1.165, 1.54) is 7.11 Å². The van der Waals surface area contributed by atoms with Gasteiger partial charge in [-0.1, -0.05) is 18.2 Å². The third-order valence-corrected chi connectivity index (χ3v) is 2.76. The highest BCUT2D eigenvalue weighted by Crippen LogP contribution is 2.19. The van der Waals surface area contributed by atoms with Gasteiger partial charge in [-0.15, -0.1) is 0 Å². The molecule has 0 saturated carbocycles. The third-order valence-electron chi connectivity index (χ3n) is 2.76. The molecule has 0 heterocycles. The molecule has 1 aromatic rings. The van der Waals surface area contributed by atoms with Gasteiger partial charge in [0.05, 0.1) is 7.11 Å². The fourth-order valence-electron chi connectivity index (χ4n) is 1.71. The number of anilines is 1. The first-order chi connectivity index (χ1) is 8.54. The van der Waals surface area contributed by atoms with Crippen LogP contribution < -0.4 is 5.32 Å². The van der Waals surface area contributed by atoms with Gasteiger partial charge in [-0.05, 0) is 31.4 Å². The second-order valence-electron chi connectivity index (χ2n) is 4.24. The second-order valence-corrected chi connectivity index (χ2v) is 4.24. The standard InChI is InChI=1S/C14H19NO3/c1-10-6-4-7-11(2)14(10)15-12(16)8-5-9-13(17)18-3/h4,6-7H,5,8-9H2,1-3H3,(H,15,16). The molecule has 4 heteroatoms. The summed E-state index contributed by atoms with van der Waals surface area (Å²) in [5.74, 6) is -0.355. The Morgan fingerprint density at radius 1 is 1.17 bits per heavy atom. The number of ether oxygens (including phenoxy) is 1. The molecule has 0 spiro atoms. The summed E-state index contributed by atoms with van der Waals surface area (Å²) in [5.41, 5.74) is 2.94. The van der Waals surface area contributed by atoms with Crippen molar-refractivity contribution in [2.75, 3.05) is 12.4 Å². The number of benzene rings is 1. The van der Waals surface area contributed by atoms with Crippen LogP contribution in [-0.4, -0.2) is 19.0 Å². The highest BCUT2D eigenvalue weighted by Gasteiger charge is 2.08. The van der Waals surface area contributed by atoms with Crippen LogP contribution in [0.15, 0.2) is 18.2 Å². The Labute approximate surface area is 107 Å². The van der Waals surface area contributed by atoms with Crippen LogP contribution in [-0.2, 0) is 14.3 Å². The number of rotatable bonds is 5. The lowest BCUT2D eigenvalue weighted by Crippen LogP contribution is -2.14. The van der Waals surface area contributed by atoms with Crippen LogP contribution in [0, 0.1) is 13.8 Å². The van der Waals surface area contributed by atoms with E-state index in [1.54, 1.807) is 0 Å². The van der Waals surface area contributed by atoms with E-state index >= 15 is 0 Å². The lowest BCUT2D eigenvalue weighted by atomic mass is 10.1. The zero-order chi connectivity index (χ0) is 13.5. The summed E-state index contributed by atoms with van der Waals surface area (Å²) in [4.78, 5) is 22.6. The predicted molar refractivity (Wildman–Crippen MR) is 70.4 cm³/mol. The van der Waals surface area contributed by atoms with Crippen molar-refractivity contribution in [1.82, 2.24) is 0 Å². The minimum atomic E-state index is -0.283. The van der Waals surface area contributed by atoms with Crippen LogP contribution in [0.25, 0.3) is 0 Å². The van der Waals surface area contributed by atoms with E-state index < -0.39 is 0 Å². The molecule has 98 valence electrons. The van der Waals surface area contributed by atoms with E-state index in [-0.39, 0.29) is 18.3 Å². The van der Waals surface area contributed by atoms with Crippen LogP contribution in [0.2, 0.25) is 0 Å². The van der Waals surface area contributed by atoms with Gasteiger partial charge in [0.1, 0.15) is 0 Å². The molecule has 4 nitrogen and oxygen atoms in total. The summed E-state index contributed by atoms with van der Waals surface area (Å²) in [5, 5.41) is 2.88. The topological polar surface area (TPSA) is 55.4 Å². The van der Waals surface area contributed by atoms with Crippen molar-refractivity contribution >= 4 is 17.6 Å². The Balaban J connectivity index is 2.47. The van der Waals surface area contributed by atoms with Crippen molar-refractivity contribution in [1.29, 1.82) is 0 Å². The van der Waals surface area contributed by atoms with Crippen LogP contribution in [0.3, 0.4) is 0 Å². The number of aryl methyl sites for hydroxylation is 2. The number of esters is 1. The number of carbonyl (C=O) groups is 2. The predicted octanol–water partition coefficient (Wildman–Crippen LogP) is 2.59. The molecule has 0 aliphatic rings. The summed E-state index contributed by atoms with van der Waals surface area (Å²) in [6.07, 6.45) is 1.10. The fraction of sp³-hybridized carbons (Fsp3) is 0.429. The number of para-hydroxylation sites is 1. The molecule has 0 atom stereocenters. The first kappa shape index (κ1) is 14.2. The van der Waals surface area contributed by atoms with Gasteiger partial charge in [0, 0.05) is 18.5 Å². The highest BCUT2D eigenvalue weighted by atomic mass is 16.5. The number of hydrogen-bond acceptors (Lipinski definition) is 3. The molecule has 1 rings (SSSR count). The van der Waals surface area contributed by atoms with E-state index in [4.69, 9.17) is 0 Å². The molecule has 1 aromatic carbocycles. The van der Waals surface area contributed by atoms with Gasteiger partial charge >= 0.3 is 5.97 Å². The van der Waals surface area contributed by atoms with Gasteiger partial charge in [-0.25, -0.2) is 0 Å². The van der Waals surface area contributed by atoms with Crippen molar-refractivity contribution in [3.8, 4) is 0 Å². The maximum absolute atomic E-state index is 11.7. The second kappa shape index (κ2) is 6.79. The van der Waals surface area contributed by atoms with Crippen LogP contribution >= 0.6 is 0 Å². The Kier molecular flexibility index (Phi) is 5.36. The van der Waals surface area contributed by atoms with Crippen LogP contribution in [0.5, 0.6) is 0 Å². The van der Waals surface area contributed by atoms with Crippen LogP contribution in [0.1, 0.15) is 30.4 Å². The van der Waals surface area contributed by atoms with Gasteiger partial charge in [0.15, 0.2) is 0 Å². The number of methoxy groups -OCH3 is 1. The van der Waals surface area contributed by atoms with Crippen molar-refractivity contribution in [2.24, 2.45) is 0 Å². The molecular weight excluding hydrogens is 230 g/mol. The Morgan fingerprint density at radius 3 is 2.33 bits per heavy atom. The van der Waals surface area contributed by atoms with E-state index in [1.807, 2.05) is 32.0 Å². The molecule has 1 amide bonds. The Hall–Kier alpha value is -1.84. The molecule has 1 N–H and O–H groups in total. The zero-order valence-electron chi connectivity index (χ0n) is 11.1. The maximum Gasteiger partial charge on any atom is 0.305 e. The van der Waals surface area contributed by atoms with Gasteiger partial charge < -0.3 is 10.1 Å². The van der Waals surface area contributed by atoms with Crippen molar-refractivity contribution in [3.05, 3.63) is 29.3 Å². The van der Waals surface area contributed by atoms with E-state index in [9.17, 15) is 9.59 Å². The summed E-state index contributed by atoms with van der Waals surface area (Å²) in [6.45, 7) is 3.91. The number of nitrogens with one attached hydrogen (secondary N) is 1. The minimum absolute atomic E-state index is 0.0729. The first-order valence-corrected chi connectivity index (χ1v) is 5.97. The van der Waals surface area contributed by atoms with Gasteiger partial charge in [-0.2, -0.15) is 0 Å². The maximum atomic E-state index is 11.7. The average Bonchev–Trinajstić information content (AvgIpc) is 2.34. The number of hydrogen-bond donors (Lipinski definition) is 1. The summed E-state index contributed by atoms with van der Waals surface area (Å²) in [7, 11) is 1.35. The molecule has 0 aliphatic carbocycles. The van der Waals surface area contributed by atoms with Crippen molar-refractivity contribution < 1.29 is 14.3 Å². The normalized spacial score (nSPS) is 9.94. The monoisotopic (exact) mass is 249 g/mol. The molecule has 0 bridgehead atoms. The molecule has 0 fully saturated rings. The molecule has 0 unspecified atom stereocenters. The van der Waals surface area contributed by atoms with Crippen LogP contribution in [0.4, 0.5) is 5.69 Å². The molecule has 0 aromatic heterocycles. The molecule has 18 heavy (non-hydrogen) atoms. The molecule has 0 radical (unpaired) electrons. The van der Waals surface area contributed by atoms with Gasteiger partial charge in [0.25, 0.3) is 0 Å². The molecular formula is C14H19NO3. The van der Waals surface area contributed by atoms with E-state index in [0.717, 1.165) is 16.8 Å². The molecule has 0 saturated heterocycles. The summed E-state index contributed by atoms with van der Waals surface area (Å²) < 4.78 is 4.52. The van der Waals surface area contributed by atoms with Gasteiger partial charge in [0.2, 0.25) is 5.91 Å². The first-order valence-electron chi connectivity index (χ1n) is 5.97. The average molecular weight is 249 g/mol. The van der Waals surface area contributed by atoms with E-state index in [0.29, 0.717) is 12.8 Å². The summed E-state index contributed by atoms with van der Waals surface area (Å²) >= 11 is 0. The number of amides is 1. The zero-order valence-corrected chi connectivity index (χ0v) is 11.1. The fourth-order valence-corrected chi connectivity index (χ4v) is 1.71. The lowest BCUT2D eigenvalue weighted by Gasteiger charge is -2.11. The SMILES string of the molecule is COC(=O)CCCC(=O)Nc1c(C)cccc1C. The highest BCUT2D eigenvalue weighted by molar-refractivity contribution is 5.92. The van der Waals surface area contributed by atoms with Crippen molar-refractivity contribution in [2.45, 2.75) is 33.1 Å². The van der Waals surface area contributed by atoms with Gasteiger partial charge in [-0.3, -0.25) is 9.59 Å². The molecule has 0 aliphatic heterocycles. The lowest BCUT2D eigenvalue weighted by molar-refractivity contribution is -0.140. The third kappa shape index (κ3) is 4.20. The quantitative estimate of drug-likeness (QED) is 0.816. The van der Waals surface area contributed by atoms with Crippen molar-refractivity contribution in [3.63, 3.8) is 0 Å². The smallest absolute Gasteiger partial charge is 0.305 e. The Morgan fingerprint density at radius 2 is 1.78 bits per heavy atom. The van der Waals surface area contributed by atoms with E-state index in [2.05, 4.69) is 10.1 Å². The number of carbonyl (C=O) groups excluding carboxylic acids is 2. The largest absolute Gasteiger partial charge is 0.469 e. The Bertz CT molecular complexity index is 420. The minimum Gasteiger partial charge on any atom is -0.469 e. The summed E-state index contributed by atoms with van der Waals surface area (Å²) in [6, 6.07) is 5.87.